The zero-order chi connectivity index (χ0) is 24.8. The van der Waals surface area contributed by atoms with Crippen molar-refractivity contribution in [3.63, 3.8) is 0 Å². The van der Waals surface area contributed by atoms with Crippen LogP contribution in [0.1, 0.15) is 44.0 Å². The molecule has 1 aromatic rings. The Bertz CT molecular complexity index is 960. The number of piperazine rings is 1. The van der Waals surface area contributed by atoms with Gasteiger partial charge in [-0.05, 0) is 47.7 Å². The van der Waals surface area contributed by atoms with Crippen LogP contribution in [0, 0.1) is 0 Å². The molecule has 0 aliphatic carbocycles. The summed E-state index contributed by atoms with van der Waals surface area (Å²) in [6, 6.07) is 0.151. The molecule has 0 bridgehead atoms. The van der Waals surface area contributed by atoms with Crippen LogP contribution in [0.2, 0.25) is 10.2 Å². The fraction of sp³-hybridized carbons (Fsp3) is 0.696. The molecule has 2 saturated heterocycles. The molecular formula is C23H33Cl2N5O4. The van der Waals surface area contributed by atoms with E-state index in [1.165, 1.54) is 0 Å². The largest absolute Gasteiger partial charge is 0.489 e. The van der Waals surface area contributed by atoms with Crippen LogP contribution < -0.4 is 9.64 Å². The quantitative estimate of drug-likeness (QED) is 0.560. The van der Waals surface area contributed by atoms with E-state index in [4.69, 9.17) is 32.7 Å². The SMILES string of the molecule is CN(C)C1CCN(c2nc(Cl)c(Cl)c3c2C(=O)N2CCN(C(=O)OC(C)(C)C)C[C@@H]2CO3)CC1. The molecule has 3 aliphatic rings. The molecule has 11 heteroatoms. The van der Waals surface area contributed by atoms with Gasteiger partial charge in [0.2, 0.25) is 0 Å². The van der Waals surface area contributed by atoms with Crippen molar-refractivity contribution in [2.75, 3.05) is 58.3 Å². The molecule has 2 amide bonds. The average molecular weight is 514 g/mol. The molecule has 34 heavy (non-hydrogen) atoms. The minimum Gasteiger partial charge on any atom is -0.489 e. The number of hydrogen-bond acceptors (Lipinski definition) is 7. The van der Waals surface area contributed by atoms with Gasteiger partial charge in [-0.1, -0.05) is 23.2 Å². The minimum absolute atomic E-state index is 0.119. The van der Waals surface area contributed by atoms with E-state index in [1.54, 1.807) is 9.80 Å². The zero-order valence-corrected chi connectivity index (χ0v) is 21.9. The highest BCUT2D eigenvalue weighted by Gasteiger charge is 2.41. The highest BCUT2D eigenvalue weighted by molar-refractivity contribution is 6.42. The first-order chi connectivity index (χ1) is 16.0. The van der Waals surface area contributed by atoms with E-state index in [2.05, 4.69) is 28.9 Å². The number of rotatable bonds is 2. The summed E-state index contributed by atoms with van der Waals surface area (Å²) >= 11 is 12.9. The van der Waals surface area contributed by atoms with Crippen molar-refractivity contribution in [1.29, 1.82) is 0 Å². The second kappa shape index (κ2) is 9.59. The van der Waals surface area contributed by atoms with Crippen LogP contribution in [0.4, 0.5) is 10.6 Å². The number of aromatic nitrogens is 1. The maximum Gasteiger partial charge on any atom is 0.410 e. The van der Waals surface area contributed by atoms with Crippen molar-refractivity contribution in [1.82, 2.24) is 19.7 Å². The van der Waals surface area contributed by atoms with E-state index < -0.39 is 11.7 Å². The van der Waals surface area contributed by atoms with Crippen molar-refractivity contribution in [2.45, 2.75) is 51.3 Å². The summed E-state index contributed by atoms with van der Waals surface area (Å²) < 4.78 is 11.6. The molecule has 4 rings (SSSR count). The average Bonchev–Trinajstić information content (AvgIpc) is 2.92. The zero-order valence-electron chi connectivity index (χ0n) is 20.4. The van der Waals surface area contributed by atoms with Crippen molar-refractivity contribution in [3.8, 4) is 5.75 Å². The monoisotopic (exact) mass is 513 g/mol. The minimum atomic E-state index is -0.592. The summed E-state index contributed by atoms with van der Waals surface area (Å²) in [4.78, 5) is 38.7. The van der Waals surface area contributed by atoms with Crippen LogP contribution >= 0.6 is 23.2 Å². The molecule has 0 spiro atoms. The fourth-order valence-electron chi connectivity index (χ4n) is 4.73. The standard InChI is InChI=1S/C23H33Cl2N5O4/c1-23(2,3)34-22(32)29-10-11-30-15(12-29)13-33-18-16(21(30)31)20(26-19(25)17(18)24)28-8-6-14(7-9-28)27(4)5/h14-15H,6-13H2,1-5H3/t15-/m1/s1. The van der Waals surface area contributed by atoms with Crippen LogP contribution in [0.25, 0.3) is 0 Å². The molecule has 1 aromatic heterocycles. The van der Waals surface area contributed by atoms with Crippen LogP contribution in [-0.4, -0.2) is 103 Å². The Hall–Kier alpha value is -1.97. The van der Waals surface area contributed by atoms with E-state index in [0.717, 1.165) is 25.9 Å². The van der Waals surface area contributed by atoms with E-state index in [1.807, 2.05) is 20.8 Å². The number of carbonyl (C=O) groups excluding carboxylic acids is 2. The van der Waals surface area contributed by atoms with Gasteiger partial charge in [-0.15, -0.1) is 0 Å². The Morgan fingerprint density at radius 3 is 2.44 bits per heavy atom. The van der Waals surface area contributed by atoms with Gasteiger partial charge in [0, 0.05) is 38.8 Å². The third-order valence-corrected chi connectivity index (χ3v) is 7.28. The number of pyridine rings is 1. The molecule has 4 heterocycles. The lowest BCUT2D eigenvalue weighted by atomic mass is 10.0. The van der Waals surface area contributed by atoms with E-state index in [-0.39, 0.29) is 34.5 Å². The molecule has 1 atom stereocenters. The second-order valence-electron chi connectivity index (χ2n) is 10.3. The van der Waals surface area contributed by atoms with Crippen molar-refractivity contribution in [2.24, 2.45) is 0 Å². The van der Waals surface area contributed by atoms with Gasteiger partial charge < -0.3 is 29.1 Å². The van der Waals surface area contributed by atoms with Gasteiger partial charge >= 0.3 is 6.09 Å². The van der Waals surface area contributed by atoms with E-state index >= 15 is 0 Å². The van der Waals surface area contributed by atoms with Gasteiger partial charge in [0.05, 0.1) is 6.04 Å². The molecule has 0 saturated carbocycles. The third kappa shape index (κ3) is 5.02. The molecule has 0 N–H and O–H groups in total. The number of nitrogens with zero attached hydrogens (tertiary/aromatic N) is 5. The molecular weight excluding hydrogens is 481 g/mol. The summed E-state index contributed by atoms with van der Waals surface area (Å²) in [6.45, 7) is 8.26. The first kappa shape index (κ1) is 25.1. The Morgan fingerprint density at radius 1 is 1.15 bits per heavy atom. The number of fused-ring (bicyclic) bond motifs is 2. The summed E-state index contributed by atoms with van der Waals surface area (Å²) in [5.41, 5.74) is -0.239. The number of halogens is 2. The summed E-state index contributed by atoms with van der Waals surface area (Å²) in [5.74, 6) is 0.591. The maximum atomic E-state index is 13.8. The Labute approximate surface area is 210 Å². The third-order valence-electron chi connectivity index (χ3n) is 6.56. The summed E-state index contributed by atoms with van der Waals surface area (Å²) in [6.07, 6.45) is 1.51. The molecule has 0 aromatic carbocycles. The van der Waals surface area contributed by atoms with Gasteiger partial charge in [-0.25, -0.2) is 9.78 Å². The number of ether oxygens (including phenoxy) is 2. The Kier molecular flexibility index (Phi) is 7.09. The Morgan fingerprint density at radius 2 is 1.82 bits per heavy atom. The molecule has 2 fully saturated rings. The van der Waals surface area contributed by atoms with Crippen molar-refractivity contribution >= 4 is 41.0 Å². The maximum absolute atomic E-state index is 13.8. The van der Waals surface area contributed by atoms with Crippen molar-refractivity contribution < 1.29 is 19.1 Å². The van der Waals surface area contributed by atoms with Gasteiger partial charge in [0.1, 0.15) is 28.6 Å². The molecule has 0 unspecified atom stereocenters. The number of piperidine rings is 1. The topological polar surface area (TPSA) is 78.5 Å². The van der Waals surface area contributed by atoms with Crippen LogP contribution in [-0.2, 0) is 4.74 Å². The lowest BCUT2D eigenvalue weighted by Crippen LogP contribution is -2.58. The number of hydrogen-bond donors (Lipinski definition) is 0. The van der Waals surface area contributed by atoms with Crippen LogP contribution in [0.15, 0.2) is 0 Å². The fourth-order valence-corrected chi connectivity index (χ4v) is 5.09. The molecule has 0 radical (unpaired) electrons. The van der Waals surface area contributed by atoms with Gasteiger partial charge in [-0.2, -0.15) is 0 Å². The molecule has 3 aliphatic heterocycles. The summed E-state index contributed by atoms with van der Waals surface area (Å²) in [7, 11) is 4.16. The summed E-state index contributed by atoms with van der Waals surface area (Å²) in [5, 5.41) is 0.258. The molecule has 9 nitrogen and oxygen atoms in total. The number of amides is 2. The van der Waals surface area contributed by atoms with E-state index in [9.17, 15) is 9.59 Å². The number of anilines is 1. The number of carbonyl (C=O) groups is 2. The first-order valence-electron chi connectivity index (χ1n) is 11.7. The Balaban J connectivity index is 1.60. The van der Waals surface area contributed by atoms with Crippen LogP contribution in [0.3, 0.4) is 0 Å². The van der Waals surface area contributed by atoms with E-state index in [0.29, 0.717) is 37.1 Å². The smallest absolute Gasteiger partial charge is 0.410 e. The predicted octanol–water partition coefficient (Wildman–Crippen LogP) is 3.37. The van der Waals surface area contributed by atoms with Gasteiger partial charge in [0.15, 0.2) is 10.9 Å². The van der Waals surface area contributed by atoms with Crippen LogP contribution in [0.5, 0.6) is 5.75 Å². The lowest BCUT2D eigenvalue weighted by molar-refractivity contribution is 0.000954. The normalized spacial score (nSPS) is 21.7. The second-order valence-corrected chi connectivity index (χ2v) is 11.1. The lowest BCUT2D eigenvalue weighted by Gasteiger charge is -2.40. The van der Waals surface area contributed by atoms with Crippen molar-refractivity contribution in [3.05, 3.63) is 15.7 Å². The highest BCUT2D eigenvalue weighted by atomic mass is 35.5. The molecule has 188 valence electrons. The predicted molar refractivity (Wildman–Crippen MR) is 131 cm³/mol. The first-order valence-corrected chi connectivity index (χ1v) is 12.4. The van der Waals surface area contributed by atoms with Gasteiger partial charge in [0.25, 0.3) is 5.91 Å². The highest BCUT2D eigenvalue weighted by Crippen LogP contribution is 2.42. The van der Waals surface area contributed by atoms with Gasteiger partial charge in [-0.3, -0.25) is 4.79 Å².